The highest BCUT2D eigenvalue weighted by Gasteiger charge is 2.28. The van der Waals surface area contributed by atoms with Gasteiger partial charge in [0.2, 0.25) is 0 Å². The van der Waals surface area contributed by atoms with E-state index in [2.05, 4.69) is 10.9 Å². The molecule has 24 heavy (non-hydrogen) atoms. The van der Waals surface area contributed by atoms with Crippen molar-refractivity contribution in [1.82, 2.24) is 10.9 Å². The van der Waals surface area contributed by atoms with Crippen LogP contribution in [0.3, 0.4) is 0 Å². The van der Waals surface area contributed by atoms with Gasteiger partial charge in [0.05, 0.1) is 18.4 Å². The molecule has 0 atom stereocenters. The van der Waals surface area contributed by atoms with Crippen molar-refractivity contribution in [2.75, 3.05) is 13.7 Å². The number of allylic oxidation sites excluding steroid dienone is 4. The van der Waals surface area contributed by atoms with Crippen LogP contribution < -0.4 is 15.6 Å². The number of fused-ring (bicyclic) bond motifs is 2. The minimum atomic E-state index is -0.957. The lowest BCUT2D eigenvalue weighted by Crippen LogP contribution is -2.24. The summed E-state index contributed by atoms with van der Waals surface area (Å²) in [6.07, 6.45) is 6.40. The predicted molar refractivity (Wildman–Crippen MR) is 88.0 cm³/mol. The van der Waals surface area contributed by atoms with Crippen LogP contribution in [0.5, 0.6) is 5.75 Å². The summed E-state index contributed by atoms with van der Waals surface area (Å²) >= 11 is 0. The number of carboxylic acids is 1. The highest BCUT2D eigenvalue weighted by molar-refractivity contribution is 5.90. The van der Waals surface area contributed by atoms with Crippen LogP contribution in [0.15, 0.2) is 59.2 Å². The number of ether oxygens (including phenoxy) is 2. The van der Waals surface area contributed by atoms with Gasteiger partial charge in [0.15, 0.2) is 0 Å². The highest BCUT2D eigenvalue weighted by atomic mass is 16.5. The Morgan fingerprint density at radius 3 is 2.96 bits per heavy atom. The van der Waals surface area contributed by atoms with E-state index in [9.17, 15) is 9.90 Å². The lowest BCUT2D eigenvalue weighted by Gasteiger charge is -2.26. The summed E-state index contributed by atoms with van der Waals surface area (Å²) in [6.45, 7) is 0.533. The minimum Gasteiger partial charge on any atom is -0.496 e. The maximum atomic E-state index is 11.3. The maximum absolute atomic E-state index is 11.3. The van der Waals surface area contributed by atoms with Crippen LogP contribution in [-0.2, 0) is 4.74 Å². The SMILES string of the molecule is COc1ccc(C(=O)O)cc1C1=CC=C2OCC3=CNNC3=C2C1. The Morgan fingerprint density at radius 1 is 1.29 bits per heavy atom. The molecule has 0 unspecified atom stereocenters. The molecular weight excluding hydrogens is 308 g/mol. The Hall–Kier alpha value is -3.15. The van der Waals surface area contributed by atoms with Gasteiger partial charge in [-0.05, 0) is 29.8 Å². The molecule has 1 aromatic rings. The van der Waals surface area contributed by atoms with Crippen LogP contribution >= 0.6 is 0 Å². The molecule has 2 aliphatic heterocycles. The van der Waals surface area contributed by atoms with Crippen molar-refractivity contribution in [3.05, 3.63) is 70.3 Å². The topological polar surface area (TPSA) is 79.8 Å². The second-order valence-electron chi connectivity index (χ2n) is 5.70. The number of hydrogen-bond donors (Lipinski definition) is 3. The number of carbonyl (C=O) groups is 1. The molecule has 0 fully saturated rings. The molecule has 0 saturated carbocycles. The summed E-state index contributed by atoms with van der Waals surface area (Å²) < 4.78 is 11.2. The third-order valence-corrected chi connectivity index (χ3v) is 4.34. The molecule has 4 rings (SSSR count). The molecule has 2 heterocycles. The van der Waals surface area contributed by atoms with E-state index in [-0.39, 0.29) is 5.56 Å². The van der Waals surface area contributed by atoms with Crippen molar-refractivity contribution >= 4 is 11.5 Å². The molecule has 1 aliphatic carbocycles. The lowest BCUT2D eigenvalue weighted by molar-refractivity contribution is 0.0697. The second kappa shape index (κ2) is 5.49. The molecule has 122 valence electrons. The first-order chi connectivity index (χ1) is 11.7. The first-order valence-electron chi connectivity index (χ1n) is 7.57. The molecule has 0 spiro atoms. The Labute approximate surface area is 138 Å². The Kier molecular flexibility index (Phi) is 3.30. The van der Waals surface area contributed by atoms with Crippen molar-refractivity contribution < 1.29 is 19.4 Å². The largest absolute Gasteiger partial charge is 0.496 e. The fourth-order valence-electron chi connectivity index (χ4n) is 3.12. The first-order valence-corrected chi connectivity index (χ1v) is 7.57. The highest BCUT2D eigenvalue weighted by Crippen LogP contribution is 2.40. The first kappa shape index (κ1) is 14.4. The van der Waals surface area contributed by atoms with Crippen LogP contribution in [0, 0.1) is 0 Å². The number of carboxylic acid groups (broad SMARTS) is 1. The van der Waals surface area contributed by atoms with E-state index in [4.69, 9.17) is 9.47 Å². The molecule has 3 aliphatic rings. The van der Waals surface area contributed by atoms with E-state index >= 15 is 0 Å². The fraction of sp³-hybridized carbons (Fsp3) is 0.167. The van der Waals surface area contributed by atoms with Crippen molar-refractivity contribution in [1.29, 1.82) is 0 Å². The van der Waals surface area contributed by atoms with Crippen LogP contribution in [0.25, 0.3) is 5.57 Å². The molecule has 0 bridgehead atoms. The number of hydrogen-bond acceptors (Lipinski definition) is 5. The summed E-state index contributed by atoms with van der Waals surface area (Å²) in [7, 11) is 1.58. The minimum absolute atomic E-state index is 0.236. The Morgan fingerprint density at radius 2 is 2.17 bits per heavy atom. The van der Waals surface area contributed by atoms with Crippen LogP contribution in [-0.4, -0.2) is 24.8 Å². The number of rotatable bonds is 3. The summed E-state index contributed by atoms with van der Waals surface area (Å²) in [5.41, 5.74) is 11.3. The van der Waals surface area contributed by atoms with Gasteiger partial charge in [-0.2, -0.15) is 0 Å². The number of aromatic carboxylic acids is 1. The van der Waals surface area contributed by atoms with Crippen molar-refractivity contribution in [3.63, 3.8) is 0 Å². The zero-order valence-electron chi connectivity index (χ0n) is 13.1. The Bertz CT molecular complexity index is 862. The lowest BCUT2D eigenvalue weighted by atomic mass is 9.88. The van der Waals surface area contributed by atoms with Crippen molar-refractivity contribution in [2.45, 2.75) is 6.42 Å². The van der Waals surface area contributed by atoms with E-state index in [1.807, 2.05) is 18.4 Å². The van der Waals surface area contributed by atoms with Gasteiger partial charge in [0.1, 0.15) is 18.1 Å². The van der Waals surface area contributed by atoms with Crippen LogP contribution in [0.4, 0.5) is 0 Å². The molecule has 0 saturated heterocycles. The number of benzene rings is 1. The molecule has 0 radical (unpaired) electrons. The van der Waals surface area contributed by atoms with Gasteiger partial charge < -0.3 is 25.4 Å². The number of methoxy groups -OCH3 is 1. The van der Waals surface area contributed by atoms with Gasteiger partial charge in [-0.15, -0.1) is 0 Å². The van der Waals surface area contributed by atoms with Crippen LogP contribution in [0.1, 0.15) is 22.3 Å². The van der Waals surface area contributed by atoms with Gasteiger partial charge in [-0.25, -0.2) is 4.79 Å². The number of nitrogens with one attached hydrogen (secondary N) is 2. The summed E-state index contributed by atoms with van der Waals surface area (Å²) in [4.78, 5) is 11.3. The molecule has 6 nitrogen and oxygen atoms in total. The van der Waals surface area contributed by atoms with Gasteiger partial charge in [0, 0.05) is 29.3 Å². The molecule has 0 aromatic heterocycles. The third-order valence-electron chi connectivity index (χ3n) is 4.34. The monoisotopic (exact) mass is 324 g/mol. The van der Waals surface area contributed by atoms with Crippen molar-refractivity contribution in [2.24, 2.45) is 0 Å². The van der Waals surface area contributed by atoms with Crippen molar-refractivity contribution in [3.8, 4) is 5.75 Å². The van der Waals surface area contributed by atoms with Gasteiger partial charge in [-0.3, -0.25) is 0 Å². The smallest absolute Gasteiger partial charge is 0.335 e. The number of hydrazine groups is 1. The van der Waals surface area contributed by atoms with Gasteiger partial charge in [-0.1, -0.05) is 6.08 Å². The second-order valence-corrected chi connectivity index (χ2v) is 5.70. The van der Waals surface area contributed by atoms with E-state index in [0.717, 1.165) is 33.7 Å². The summed E-state index contributed by atoms with van der Waals surface area (Å²) in [5, 5.41) is 9.25. The quantitative estimate of drug-likeness (QED) is 0.792. The predicted octanol–water partition coefficient (Wildman–Crippen LogP) is 2.34. The fourth-order valence-corrected chi connectivity index (χ4v) is 3.12. The zero-order chi connectivity index (χ0) is 16.7. The molecule has 0 amide bonds. The average molecular weight is 324 g/mol. The van der Waals surface area contributed by atoms with E-state index in [1.165, 1.54) is 0 Å². The van der Waals surface area contributed by atoms with E-state index in [1.54, 1.807) is 25.3 Å². The zero-order valence-corrected chi connectivity index (χ0v) is 13.1. The van der Waals surface area contributed by atoms with E-state index < -0.39 is 5.97 Å². The normalized spacial score (nSPS) is 18.1. The van der Waals surface area contributed by atoms with Crippen LogP contribution in [0.2, 0.25) is 0 Å². The molecule has 6 heteroatoms. The summed E-state index contributed by atoms with van der Waals surface area (Å²) in [5.74, 6) is 0.538. The van der Waals surface area contributed by atoms with Gasteiger partial charge in [0.25, 0.3) is 0 Å². The average Bonchev–Trinajstić information content (AvgIpc) is 3.09. The molecule has 3 N–H and O–H groups in total. The van der Waals surface area contributed by atoms with E-state index in [0.29, 0.717) is 18.8 Å². The summed E-state index contributed by atoms with van der Waals surface area (Å²) in [6, 6.07) is 4.89. The molecular formula is C18H16N2O4. The van der Waals surface area contributed by atoms with Gasteiger partial charge >= 0.3 is 5.97 Å². The Balaban J connectivity index is 1.79. The third kappa shape index (κ3) is 2.23. The molecule has 1 aromatic carbocycles. The maximum Gasteiger partial charge on any atom is 0.335 e. The standard InChI is InChI=1S/C18H16N2O4/c1-23-15-4-3-11(18(21)22)7-13(15)10-2-5-16-14(6-10)17-12(9-24-16)8-19-20-17/h2-5,7-8,19-20H,6,9H2,1H3,(H,21,22).